The molecule has 2 aromatic rings. The molecule has 2 aliphatic heterocycles. The van der Waals surface area contributed by atoms with E-state index in [0.717, 1.165) is 44.0 Å². The Labute approximate surface area is 176 Å². The Morgan fingerprint density at radius 1 is 1.10 bits per heavy atom. The van der Waals surface area contributed by atoms with Crippen LogP contribution in [0.4, 0.5) is 10.1 Å². The highest BCUT2D eigenvalue weighted by Gasteiger charge is 2.48. The number of likely N-dealkylation sites (tertiary alicyclic amines) is 1. The van der Waals surface area contributed by atoms with Gasteiger partial charge in [0, 0.05) is 18.5 Å². The molecule has 3 aliphatic rings. The van der Waals surface area contributed by atoms with E-state index in [1.54, 1.807) is 24.3 Å². The van der Waals surface area contributed by atoms with Crippen LogP contribution in [0.3, 0.4) is 0 Å². The van der Waals surface area contributed by atoms with Gasteiger partial charge in [-0.2, -0.15) is 0 Å². The first-order valence-corrected chi connectivity index (χ1v) is 12.0. The molecule has 0 aromatic heterocycles. The first-order chi connectivity index (χ1) is 13.9. The summed E-state index contributed by atoms with van der Waals surface area (Å²) in [6, 6.07) is 11.0. The molecule has 4 nitrogen and oxygen atoms in total. The van der Waals surface area contributed by atoms with E-state index < -0.39 is 10.0 Å². The van der Waals surface area contributed by atoms with Crippen molar-refractivity contribution in [2.75, 3.05) is 30.5 Å². The summed E-state index contributed by atoms with van der Waals surface area (Å²) in [6.45, 7) is 3.32. The summed E-state index contributed by atoms with van der Waals surface area (Å²) in [5.74, 6) is 0.509. The second kappa shape index (κ2) is 6.96. The summed E-state index contributed by atoms with van der Waals surface area (Å²) in [4.78, 5) is 2.58. The number of sulfonamides is 1. The van der Waals surface area contributed by atoms with Crippen molar-refractivity contribution >= 4 is 27.3 Å². The first kappa shape index (κ1) is 19.3. The molecule has 2 heterocycles. The van der Waals surface area contributed by atoms with Gasteiger partial charge in [0.2, 0.25) is 0 Å². The van der Waals surface area contributed by atoms with Crippen molar-refractivity contribution in [1.82, 2.24) is 4.90 Å². The number of piperidine rings is 1. The van der Waals surface area contributed by atoms with E-state index in [-0.39, 0.29) is 21.2 Å². The molecule has 1 saturated heterocycles. The first-order valence-electron chi connectivity index (χ1n) is 10.2. The lowest BCUT2D eigenvalue weighted by molar-refractivity contribution is 0.162. The van der Waals surface area contributed by atoms with Crippen LogP contribution >= 0.6 is 11.6 Å². The summed E-state index contributed by atoms with van der Waals surface area (Å²) >= 11 is 6.22. The van der Waals surface area contributed by atoms with Gasteiger partial charge in [0.25, 0.3) is 10.0 Å². The molecule has 1 saturated carbocycles. The number of anilines is 1. The lowest BCUT2D eigenvalue weighted by Gasteiger charge is -2.40. The standard InChI is InChI=1S/C22H24ClFN2O2S/c23-19-3-1-2-4-21(19)29(27,28)26-15-22(18-13-17(24)7-8-20(18)26)9-11-25(12-10-22)14-16-5-6-16/h1-4,7-8,13,16H,5-6,9-12,14-15H2. The van der Waals surface area contributed by atoms with Gasteiger partial charge in [0.05, 0.1) is 10.7 Å². The van der Waals surface area contributed by atoms with Crippen LogP contribution in [0.25, 0.3) is 0 Å². The normalized spacial score (nSPS) is 21.5. The van der Waals surface area contributed by atoms with E-state index in [9.17, 15) is 12.8 Å². The summed E-state index contributed by atoms with van der Waals surface area (Å²) in [5, 5.41) is 0.205. The Morgan fingerprint density at radius 3 is 2.52 bits per heavy atom. The Morgan fingerprint density at radius 2 is 1.83 bits per heavy atom. The van der Waals surface area contributed by atoms with Crippen LogP contribution in [0.5, 0.6) is 0 Å². The van der Waals surface area contributed by atoms with Crippen LogP contribution in [-0.2, 0) is 15.4 Å². The summed E-state index contributed by atoms with van der Waals surface area (Å²) in [6.07, 6.45) is 4.31. The van der Waals surface area contributed by atoms with Gasteiger partial charge in [-0.1, -0.05) is 23.7 Å². The van der Waals surface area contributed by atoms with Gasteiger partial charge in [0.1, 0.15) is 10.7 Å². The quantitative estimate of drug-likeness (QED) is 0.714. The zero-order chi connectivity index (χ0) is 20.2. The van der Waals surface area contributed by atoms with Crippen molar-refractivity contribution in [3.63, 3.8) is 0 Å². The van der Waals surface area contributed by atoms with Crippen molar-refractivity contribution in [3.05, 3.63) is 58.9 Å². The monoisotopic (exact) mass is 434 g/mol. The number of nitrogens with zero attached hydrogens (tertiary/aromatic N) is 2. The molecule has 0 bridgehead atoms. The van der Waals surface area contributed by atoms with E-state index in [2.05, 4.69) is 4.90 Å². The third-order valence-corrected chi connectivity index (χ3v) is 8.94. The van der Waals surface area contributed by atoms with E-state index >= 15 is 0 Å². The SMILES string of the molecule is O=S(=O)(c1ccccc1Cl)N1CC2(CCN(CC3CC3)CC2)c2cc(F)ccc21. The molecule has 29 heavy (non-hydrogen) atoms. The van der Waals surface area contributed by atoms with Crippen LogP contribution in [-0.4, -0.2) is 39.5 Å². The van der Waals surface area contributed by atoms with E-state index in [0.29, 0.717) is 12.2 Å². The van der Waals surface area contributed by atoms with Crippen molar-refractivity contribution in [2.45, 2.75) is 36.0 Å². The molecule has 1 spiro atoms. The molecular weight excluding hydrogens is 411 g/mol. The molecule has 7 heteroatoms. The molecule has 0 amide bonds. The molecular formula is C22H24ClFN2O2S. The summed E-state index contributed by atoms with van der Waals surface area (Å²) in [5.41, 5.74) is 1.06. The van der Waals surface area contributed by atoms with Gasteiger partial charge in [-0.15, -0.1) is 0 Å². The molecule has 2 aromatic carbocycles. The van der Waals surface area contributed by atoms with Crippen molar-refractivity contribution in [2.24, 2.45) is 5.92 Å². The minimum atomic E-state index is -3.83. The van der Waals surface area contributed by atoms with Crippen molar-refractivity contribution < 1.29 is 12.8 Å². The van der Waals surface area contributed by atoms with Crippen LogP contribution in [0.1, 0.15) is 31.2 Å². The largest absolute Gasteiger partial charge is 0.303 e. The molecule has 1 aliphatic carbocycles. The third kappa shape index (κ3) is 3.35. The molecule has 2 fully saturated rings. The number of benzene rings is 2. The number of rotatable bonds is 4. The lowest BCUT2D eigenvalue weighted by Crippen LogP contribution is -2.46. The maximum absolute atomic E-state index is 14.2. The number of hydrogen-bond donors (Lipinski definition) is 0. The highest BCUT2D eigenvalue weighted by Crippen LogP contribution is 2.49. The average Bonchev–Trinajstić information content (AvgIpc) is 3.46. The fourth-order valence-corrected chi connectivity index (χ4v) is 6.91. The highest BCUT2D eigenvalue weighted by molar-refractivity contribution is 7.93. The second-order valence-electron chi connectivity index (χ2n) is 8.63. The lowest BCUT2D eigenvalue weighted by atomic mass is 9.74. The van der Waals surface area contributed by atoms with Crippen LogP contribution < -0.4 is 4.31 Å². The topological polar surface area (TPSA) is 40.6 Å². The average molecular weight is 435 g/mol. The van der Waals surface area contributed by atoms with Gasteiger partial charge in [-0.3, -0.25) is 4.31 Å². The van der Waals surface area contributed by atoms with Crippen molar-refractivity contribution in [3.8, 4) is 0 Å². The smallest absolute Gasteiger partial charge is 0.265 e. The second-order valence-corrected chi connectivity index (χ2v) is 10.9. The predicted molar refractivity (Wildman–Crippen MR) is 112 cm³/mol. The molecule has 154 valence electrons. The van der Waals surface area contributed by atoms with Gasteiger partial charge >= 0.3 is 0 Å². The maximum Gasteiger partial charge on any atom is 0.265 e. The molecule has 0 radical (unpaired) electrons. The highest BCUT2D eigenvalue weighted by atomic mass is 35.5. The van der Waals surface area contributed by atoms with Gasteiger partial charge in [-0.25, -0.2) is 12.8 Å². The van der Waals surface area contributed by atoms with Gasteiger partial charge < -0.3 is 4.90 Å². The Balaban J connectivity index is 1.51. The fraction of sp³-hybridized carbons (Fsp3) is 0.455. The molecule has 0 unspecified atom stereocenters. The van der Waals surface area contributed by atoms with E-state index in [1.165, 1.54) is 35.3 Å². The Kier molecular flexibility index (Phi) is 4.64. The molecule has 0 atom stereocenters. The van der Waals surface area contributed by atoms with E-state index in [1.807, 2.05) is 0 Å². The zero-order valence-corrected chi connectivity index (χ0v) is 17.7. The van der Waals surface area contributed by atoms with Crippen LogP contribution in [0.15, 0.2) is 47.4 Å². The molecule has 0 N–H and O–H groups in total. The number of fused-ring (bicyclic) bond motifs is 2. The Bertz CT molecular complexity index is 1050. The van der Waals surface area contributed by atoms with Crippen LogP contribution in [0.2, 0.25) is 5.02 Å². The maximum atomic E-state index is 14.2. The summed E-state index contributed by atoms with van der Waals surface area (Å²) in [7, 11) is -3.83. The van der Waals surface area contributed by atoms with Gasteiger partial charge in [0.15, 0.2) is 0 Å². The number of hydrogen-bond acceptors (Lipinski definition) is 3. The van der Waals surface area contributed by atoms with Crippen molar-refractivity contribution in [1.29, 1.82) is 0 Å². The predicted octanol–water partition coefficient (Wildman–Crippen LogP) is 4.43. The van der Waals surface area contributed by atoms with Crippen LogP contribution in [0, 0.1) is 11.7 Å². The number of halogens is 2. The minimum Gasteiger partial charge on any atom is -0.303 e. The molecule has 5 rings (SSSR count). The Hall–Kier alpha value is -1.63. The summed E-state index contributed by atoms with van der Waals surface area (Å²) < 4.78 is 42.6. The third-order valence-electron chi connectivity index (χ3n) is 6.68. The van der Waals surface area contributed by atoms with Gasteiger partial charge in [-0.05, 0) is 80.6 Å². The minimum absolute atomic E-state index is 0.0974. The van der Waals surface area contributed by atoms with E-state index in [4.69, 9.17) is 11.6 Å². The fourth-order valence-electron chi connectivity index (χ4n) is 4.84. The zero-order valence-electron chi connectivity index (χ0n) is 16.2.